The number of halogens is 8. The predicted molar refractivity (Wildman–Crippen MR) is 96.8 cm³/mol. The summed E-state index contributed by atoms with van der Waals surface area (Å²) in [6, 6.07) is 3.34. The number of nitrogens with two attached hydrogens (primary N) is 1. The molecule has 0 aliphatic rings. The molecule has 1 rings (SSSR count). The molecule has 1 aromatic rings. The Morgan fingerprint density at radius 2 is 1.64 bits per heavy atom. The molecular formula is C15H13Cl2F6N3OS. The van der Waals surface area contributed by atoms with Crippen LogP contribution in [0.5, 0.6) is 0 Å². The van der Waals surface area contributed by atoms with Gasteiger partial charge < -0.3 is 5.73 Å². The number of hydrogen-bond donors (Lipinski definition) is 1. The Bertz CT molecular complexity index is 773. The minimum atomic E-state index is -4.79. The van der Waals surface area contributed by atoms with E-state index < -0.39 is 18.1 Å². The van der Waals surface area contributed by atoms with Gasteiger partial charge in [0, 0.05) is 34.8 Å². The van der Waals surface area contributed by atoms with Gasteiger partial charge in [-0.25, -0.2) is 4.18 Å². The molecule has 0 spiro atoms. The van der Waals surface area contributed by atoms with Crippen LogP contribution in [0.2, 0.25) is 10.0 Å². The summed E-state index contributed by atoms with van der Waals surface area (Å²) in [4.78, 5) is 3.34. The topological polar surface area (TPSA) is 71.4 Å². The lowest BCUT2D eigenvalue weighted by Gasteiger charge is -2.09. The summed E-state index contributed by atoms with van der Waals surface area (Å²) in [5, 5.41) is 8.61. The lowest BCUT2D eigenvalue weighted by molar-refractivity contribution is -0.266. The Labute approximate surface area is 171 Å². The number of nitriles is 1. The van der Waals surface area contributed by atoms with Crippen LogP contribution in [0, 0.1) is 18.3 Å². The number of nitrogens with zero attached hydrogens (tertiary/aromatic N) is 2. The maximum atomic E-state index is 12.2. The van der Waals surface area contributed by atoms with Gasteiger partial charge in [-0.1, -0.05) is 23.2 Å². The largest absolute Gasteiger partial charge is 0.533 e. The molecule has 0 fully saturated rings. The van der Waals surface area contributed by atoms with Crippen molar-refractivity contribution in [2.75, 3.05) is 7.05 Å². The molecule has 0 saturated heterocycles. The Morgan fingerprint density at radius 3 is 1.93 bits per heavy atom. The van der Waals surface area contributed by atoms with Crippen molar-refractivity contribution in [2.24, 2.45) is 10.7 Å². The first-order valence-electron chi connectivity index (χ1n) is 6.92. The lowest BCUT2D eigenvalue weighted by Crippen LogP contribution is -2.12. The monoisotopic (exact) mass is 467 g/mol. The van der Waals surface area contributed by atoms with Gasteiger partial charge in [0.1, 0.15) is 6.07 Å². The molecule has 0 heterocycles. The molecular weight excluding hydrogens is 455 g/mol. The van der Waals surface area contributed by atoms with Crippen LogP contribution in [0.4, 0.5) is 26.3 Å². The second-order valence-electron chi connectivity index (χ2n) is 4.87. The normalized spacial score (nSPS) is 13.3. The molecule has 1 aromatic carbocycles. The van der Waals surface area contributed by atoms with Crippen molar-refractivity contribution in [1.29, 1.82) is 5.26 Å². The molecule has 156 valence electrons. The molecule has 0 saturated carbocycles. The quantitative estimate of drug-likeness (QED) is 0.322. The molecule has 0 radical (unpaired) electrons. The van der Waals surface area contributed by atoms with Crippen LogP contribution in [0.1, 0.15) is 18.1 Å². The molecule has 0 aliphatic carbocycles. The van der Waals surface area contributed by atoms with Crippen LogP contribution in [0.15, 0.2) is 27.7 Å². The SMILES string of the molecule is CN=C(C#N)/C(SOC(F)(F)F)=C(\C)N.Cc1c(Cl)cc(C(F)(F)F)cc1Cl. The van der Waals surface area contributed by atoms with E-state index in [9.17, 15) is 26.3 Å². The van der Waals surface area contributed by atoms with E-state index in [1.54, 1.807) is 13.0 Å². The van der Waals surface area contributed by atoms with Crippen LogP contribution >= 0.6 is 35.2 Å². The lowest BCUT2D eigenvalue weighted by atomic mass is 10.1. The Kier molecular flexibility index (Phi) is 10.2. The van der Waals surface area contributed by atoms with E-state index in [1.165, 1.54) is 14.0 Å². The van der Waals surface area contributed by atoms with E-state index in [0.717, 1.165) is 12.1 Å². The third-order valence-corrected chi connectivity index (χ3v) is 4.47. The summed E-state index contributed by atoms with van der Waals surface area (Å²) < 4.78 is 75.1. The van der Waals surface area contributed by atoms with Gasteiger partial charge in [-0.2, -0.15) is 18.4 Å². The predicted octanol–water partition coefficient (Wildman–Crippen LogP) is 6.28. The van der Waals surface area contributed by atoms with Gasteiger partial charge in [-0.3, -0.25) is 4.99 Å². The van der Waals surface area contributed by atoms with Gasteiger partial charge in [0.15, 0.2) is 5.71 Å². The minimum absolute atomic E-state index is 0.0276. The zero-order chi connectivity index (χ0) is 22.3. The van der Waals surface area contributed by atoms with Crippen LogP contribution in [0.3, 0.4) is 0 Å². The summed E-state index contributed by atoms with van der Waals surface area (Å²) in [6.07, 6.45) is -9.19. The Balaban J connectivity index is 0.000000525. The molecule has 0 unspecified atom stereocenters. The number of aliphatic imine (C=N–C) groups is 1. The molecule has 0 atom stereocenters. The number of alkyl halides is 6. The number of hydrogen-bond acceptors (Lipinski definition) is 5. The first kappa shape index (κ1) is 26.4. The van der Waals surface area contributed by atoms with Gasteiger partial charge in [-0.15, -0.1) is 13.2 Å². The minimum Gasteiger partial charge on any atom is -0.401 e. The third-order valence-electron chi connectivity index (χ3n) is 2.73. The summed E-state index contributed by atoms with van der Waals surface area (Å²) in [5.41, 5.74) is 4.76. The van der Waals surface area contributed by atoms with Crippen molar-refractivity contribution in [2.45, 2.75) is 26.4 Å². The highest BCUT2D eigenvalue weighted by molar-refractivity contribution is 7.99. The van der Waals surface area contributed by atoms with E-state index in [0.29, 0.717) is 5.56 Å². The van der Waals surface area contributed by atoms with E-state index in [4.69, 9.17) is 34.2 Å². The highest BCUT2D eigenvalue weighted by Gasteiger charge is 2.32. The number of allylic oxidation sites excluding steroid dienone is 2. The fourth-order valence-electron chi connectivity index (χ4n) is 1.39. The average molecular weight is 468 g/mol. The first-order chi connectivity index (χ1) is 12.6. The van der Waals surface area contributed by atoms with Gasteiger partial charge in [0.05, 0.1) is 10.5 Å². The van der Waals surface area contributed by atoms with Crippen molar-refractivity contribution in [3.8, 4) is 6.07 Å². The molecule has 4 nitrogen and oxygen atoms in total. The van der Waals surface area contributed by atoms with Crippen LogP contribution < -0.4 is 5.73 Å². The highest BCUT2D eigenvalue weighted by Crippen LogP contribution is 2.35. The van der Waals surface area contributed by atoms with Crippen LogP contribution in [0.25, 0.3) is 0 Å². The molecule has 28 heavy (non-hydrogen) atoms. The zero-order valence-electron chi connectivity index (χ0n) is 14.5. The maximum Gasteiger partial charge on any atom is 0.533 e. The average Bonchev–Trinajstić information content (AvgIpc) is 2.54. The van der Waals surface area contributed by atoms with E-state index in [2.05, 4.69) is 9.18 Å². The summed E-state index contributed by atoms with van der Waals surface area (Å²) >= 11 is 11.1. The summed E-state index contributed by atoms with van der Waals surface area (Å²) in [6.45, 7) is 2.91. The molecule has 0 aromatic heterocycles. The van der Waals surface area contributed by atoms with Gasteiger partial charge in [0.2, 0.25) is 0 Å². The van der Waals surface area contributed by atoms with Gasteiger partial charge in [0.25, 0.3) is 0 Å². The number of benzene rings is 1. The van der Waals surface area contributed by atoms with Crippen LogP contribution in [-0.2, 0) is 10.4 Å². The first-order valence-corrected chi connectivity index (χ1v) is 8.42. The maximum absolute atomic E-state index is 12.2. The van der Waals surface area contributed by atoms with Gasteiger partial charge in [-0.05, 0) is 31.5 Å². The molecule has 0 aliphatic heterocycles. The van der Waals surface area contributed by atoms with Crippen molar-refractivity contribution < 1.29 is 30.5 Å². The fraction of sp³-hybridized carbons (Fsp3) is 0.333. The smallest absolute Gasteiger partial charge is 0.401 e. The van der Waals surface area contributed by atoms with E-state index in [-0.39, 0.29) is 38.4 Å². The molecule has 0 bridgehead atoms. The standard InChI is InChI=1S/C8H5Cl2F3.C7H8F3N3OS/c1-4-6(9)2-5(3-7(4)10)8(11,12)13;1-4(12)6(5(3-11)13-2)15-14-7(8,9)10/h2-3H,1H3;12H2,1-2H3/b;6-4-,13-5?. The van der Waals surface area contributed by atoms with Crippen molar-refractivity contribution in [1.82, 2.24) is 0 Å². The molecule has 0 amide bonds. The van der Waals surface area contributed by atoms with Crippen molar-refractivity contribution in [3.05, 3.63) is 43.9 Å². The summed E-state index contributed by atoms with van der Waals surface area (Å²) in [7, 11) is 1.27. The number of rotatable bonds is 3. The fourth-order valence-corrected chi connectivity index (χ4v) is 2.40. The Morgan fingerprint density at radius 1 is 1.18 bits per heavy atom. The summed E-state index contributed by atoms with van der Waals surface area (Å²) in [5.74, 6) is 0. The molecule has 13 heteroatoms. The zero-order valence-corrected chi connectivity index (χ0v) is 16.8. The van der Waals surface area contributed by atoms with Crippen LogP contribution in [-0.4, -0.2) is 19.1 Å². The Hall–Kier alpha value is -1.61. The second-order valence-corrected chi connectivity index (χ2v) is 6.43. The van der Waals surface area contributed by atoms with E-state index >= 15 is 0 Å². The van der Waals surface area contributed by atoms with E-state index in [1.807, 2.05) is 0 Å². The van der Waals surface area contributed by atoms with Crippen molar-refractivity contribution in [3.63, 3.8) is 0 Å². The molecule has 2 N–H and O–H groups in total. The highest BCUT2D eigenvalue weighted by atomic mass is 35.5. The van der Waals surface area contributed by atoms with Gasteiger partial charge >= 0.3 is 12.5 Å². The second kappa shape index (κ2) is 10.8. The van der Waals surface area contributed by atoms with Crippen molar-refractivity contribution >= 4 is 41.0 Å². The third kappa shape index (κ3) is 9.05.